The van der Waals surface area contributed by atoms with E-state index in [1.807, 2.05) is 0 Å². The maximum absolute atomic E-state index is 12.0. The van der Waals surface area contributed by atoms with Gasteiger partial charge in [0.2, 0.25) is 0 Å². The molecule has 1 rings (SSSR count). The molecule has 1 aliphatic carbocycles. The molecule has 1 saturated carbocycles. The maximum atomic E-state index is 12.0. The van der Waals surface area contributed by atoms with Gasteiger partial charge < -0.3 is 20.4 Å². The molecule has 7 heteroatoms. The standard InChI is InChI=1S/C14H20N2O5/c1-2-8-16(9-10-6-7-10)14(21)15-11(13(19)20)4-3-5-12(17)18/h1,10-11H,3-9H2,(H,15,21)(H,17,18)(H,19,20)/t11-/m1/s1. The fourth-order valence-electron chi connectivity index (χ4n) is 1.90. The lowest BCUT2D eigenvalue weighted by molar-refractivity contribution is -0.140. The highest BCUT2D eigenvalue weighted by atomic mass is 16.4. The average Bonchev–Trinajstić information content (AvgIpc) is 3.20. The number of carboxylic acids is 2. The minimum atomic E-state index is -1.18. The van der Waals surface area contributed by atoms with Crippen LogP contribution in [0.25, 0.3) is 0 Å². The molecule has 2 amide bonds. The molecular formula is C14H20N2O5. The van der Waals surface area contributed by atoms with E-state index < -0.39 is 24.0 Å². The fourth-order valence-corrected chi connectivity index (χ4v) is 1.90. The fraction of sp³-hybridized carbons (Fsp3) is 0.643. The summed E-state index contributed by atoms with van der Waals surface area (Å²) in [6, 6.07) is -1.61. The number of nitrogens with zero attached hydrogens (tertiary/aromatic N) is 1. The van der Waals surface area contributed by atoms with Crippen molar-refractivity contribution < 1.29 is 24.6 Å². The number of carbonyl (C=O) groups excluding carboxylic acids is 1. The van der Waals surface area contributed by atoms with Gasteiger partial charge >= 0.3 is 18.0 Å². The van der Waals surface area contributed by atoms with Gasteiger partial charge in [0.25, 0.3) is 0 Å². The molecule has 1 fully saturated rings. The van der Waals surface area contributed by atoms with Crippen LogP contribution in [0.2, 0.25) is 0 Å². The molecule has 3 N–H and O–H groups in total. The molecule has 1 atom stereocenters. The van der Waals surface area contributed by atoms with Crippen LogP contribution in [0.1, 0.15) is 32.1 Å². The van der Waals surface area contributed by atoms with Gasteiger partial charge in [-0.3, -0.25) is 4.79 Å². The summed E-state index contributed by atoms with van der Waals surface area (Å²) >= 11 is 0. The van der Waals surface area contributed by atoms with Crippen LogP contribution in [-0.2, 0) is 9.59 Å². The zero-order valence-electron chi connectivity index (χ0n) is 11.7. The van der Waals surface area contributed by atoms with E-state index in [1.54, 1.807) is 0 Å². The van der Waals surface area contributed by atoms with E-state index in [2.05, 4.69) is 11.2 Å². The Balaban J connectivity index is 2.50. The van der Waals surface area contributed by atoms with Crippen LogP contribution in [0.3, 0.4) is 0 Å². The predicted molar refractivity (Wildman–Crippen MR) is 74.6 cm³/mol. The molecule has 0 aromatic carbocycles. The van der Waals surface area contributed by atoms with Crippen molar-refractivity contribution in [3.63, 3.8) is 0 Å². The molecule has 1 aliphatic rings. The number of aliphatic carboxylic acids is 2. The Morgan fingerprint density at radius 1 is 1.33 bits per heavy atom. The third-order valence-corrected chi connectivity index (χ3v) is 3.22. The second-order valence-electron chi connectivity index (χ2n) is 5.15. The second-order valence-corrected chi connectivity index (χ2v) is 5.15. The Bertz CT molecular complexity index is 439. The first-order valence-corrected chi connectivity index (χ1v) is 6.87. The third-order valence-electron chi connectivity index (χ3n) is 3.22. The first-order valence-electron chi connectivity index (χ1n) is 6.87. The number of hydrogen-bond donors (Lipinski definition) is 3. The van der Waals surface area contributed by atoms with E-state index in [-0.39, 0.29) is 25.8 Å². The van der Waals surface area contributed by atoms with E-state index >= 15 is 0 Å². The van der Waals surface area contributed by atoms with Crippen molar-refractivity contribution in [1.29, 1.82) is 0 Å². The van der Waals surface area contributed by atoms with Crippen molar-refractivity contribution in [3.8, 4) is 12.3 Å². The van der Waals surface area contributed by atoms with Crippen LogP contribution < -0.4 is 5.32 Å². The first kappa shape index (κ1) is 16.8. The lowest BCUT2D eigenvalue weighted by atomic mass is 10.1. The van der Waals surface area contributed by atoms with Crippen molar-refractivity contribution in [2.24, 2.45) is 5.92 Å². The summed E-state index contributed by atoms with van der Waals surface area (Å²) in [6.07, 6.45) is 7.44. The zero-order valence-corrected chi connectivity index (χ0v) is 11.7. The second kappa shape index (κ2) is 8.15. The minimum Gasteiger partial charge on any atom is -0.481 e. The summed E-state index contributed by atoms with van der Waals surface area (Å²) < 4.78 is 0. The van der Waals surface area contributed by atoms with Gasteiger partial charge in [0, 0.05) is 13.0 Å². The van der Waals surface area contributed by atoms with Crippen molar-refractivity contribution in [1.82, 2.24) is 10.2 Å². The number of urea groups is 1. The molecular weight excluding hydrogens is 276 g/mol. The number of hydrogen-bond acceptors (Lipinski definition) is 3. The molecule has 0 unspecified atom stereocenters. The molecule has 0 radical (unpaired) electrons. The molecule has 0 aliphatic heterocycles. The molecule has 0 aromatic rings. The van der Waals surface area contributed by atoms with Gasteiger partial charge in [-0.2, -0.15) is 0 Å². The lowest BCUT2D eigenvalue weighted by Gasteiger charge is -2.23. The van der Waals surface area contributed by atoms with Crippen LogP contribution >= 0.6 is 0 Å². The van der Waals surface area contributed by atoms with E-state index in [9.17, 15) is 14.4 Å². The highest BCUT2D eigenvalue weighted by molar-refractivity contribution is 5.82. The summed E-state index contributed by atoms with van der Waals surface area (Å²) in [7, 11) is 0. The largest absolute Gasteiger partial charge is 0.481 e. The van der Waals surface area contributed by atoms with Crippen molar-refractivity contribution in [3.05, 3.63) is 0 Å². The van der Waals surface area contributed by atoms with Crippen molar-refractivity contribution >= 4 is 18.0 Å². The number of carbonyl (C=O) groups is 3. The molecule has 0 spiro atoms. The average molecular weight is 296 g/mol. The predicted octanol–water partition coefficient (Wildman–Crippen LogP) is 0.749. The quantitative estimate of drug-likeness (QED) is 0.544. The summed E-state index contributed by atoms with van der Waals surface area (Å²) in [5, 5.41) is 20.0. The van der Waals surface area contributed by atoms with Crippen LogP contribution in [0.15, 0.2) is 0 Å². The third kappa shape index (κ3) is 6.65. The smallest absolute Gasteiger partial charge is 0.326 e. The minimum absolute atomic E-state index is 0.0701. The molecule has 0 saturated heterocycles. The summed E-state index contributed by atoms with van der Waals surface area (Å²) in [4.78, 5) is 35.0. The van der Waals surface area contributed by atoms with Gasteiger partial charge in [-0.1, -0.05) is 5.92 Å². The summed E-state index contributed by atoms with van der Waals surface area (Å²) in [5.41, 5.74) is 0. The highest BCUT2D eigenvalue weighted by Gasteiger charge is 2.28. The topological polar surface area (TPSA) is 107 Å². The van der Waals surface area contributed by atoms with E-state index in [1.165, 1.54) is 4.90 Å². The van der Waals surface area contributed by atoms with E-state index in [0.29, 0.717) is 12.5 Å². The number of carboxylic acid groups (broad SMARTS) is 2. The highest BCUT2D eigenvalue weighted by Crippen LogP contribution is 2.29. The Labute approximate surface area is 123 Å². The maximum Gasteiger partial charge on any atom is 0.326 e. The Kier molecular flexibility index (Phi) is 6.53. The number of amides is 2. The van der Waals surface area contributed by atoms with Crippen LogP contribution in [-0.4, -0.2) is 52.2 Å². The monoisotopic (exact) mass is 296 g/mol. The normalized spacial score (nSPS) is 14.8. The number of nitrogens with one attached hydrogen (secondary N) is 1. The Morgan fingerprint density at radius 2 is 2.00 bits per heavy atom. The van der Waals surface area contributed by atoms with Gasteiger partial charge in [-0.25, -0.2) is 9.59 Å². The lowest BCUT2D eigenvalue weighted by Crippen LogP contribution is -2.48. The van der Waals surface area contributed by atoms with Crippen LogP contribution in [0.4, 0.5) is 4.79 Å². The summed E-state index contributed by atoms with van der Waals surface area (Å²) in [6.45, 7) is 0.654. The molecule has 116 valence electrons. The SMILES string of the molecule is C#CCN(CC1CC1)C(=O)N[C@H](CCCC(=O)O)C(=O)O. The van der Waals surface area contributed by atoms with Gasteiger partial charge in [-0.15, -0.1) is 6.42 Å². The molecule has 21 heavy (non-hydrogen) atoms. The molecule has 0 heterocycles. The van der Waals surface area contributed by atoms with Gasteiger partial charge in [0.15, 0.2) is 0 Å². The van der Waals surface area contributed by atoms with Crippen LogP contribution in [0.5, 0.6) is 0 Å². The van der Waals surface area contributed by atoms with Crippen LogP contribution in [0, 0.1) is 18.3 Å². The van der Waals surface area contributed by atoms with Gasteiger partial charge in [0.05, 0.1) is 6.54 Å². The number of rotatable bonds is 9. The Morgan fingerprint density at radius 3 is 2.48 bits per heavy atom. The summed E-state index contributed by atoms with van der Waals surface area (Å²) in [5.74, 6) is 0.654. The van der Waals surface area contributed by atoms with E-state index in [0.717, 1.165) is 12.8 Å². The van der Waals surface area contributed by atoms with Gasteiger partial charge in [0.1, 0.15) is 6.04 Å². The Hall–Kier alpha value is -2.23. The van der Waals surface area contributed by atoms with Crippen molar-refractivity contribution in [2.75, 3.05) is 13.1 Å². The molecule has 0 aromatic heterocycles. The van der Waals surface area contributed by atoms with Crippen molar-refractivity contribution in [2.45, 2.75) is 38.1 Å². The van der Waals surface area contributed by atoms with Gasteiger partial charge in [-0.05, 0) is 31.6 Å². The zero-order chi connectivity index (χ0) is 15.8. The van der Waals surface area contributed by atoms with E-state index in [4.69, 9.17) is 16.6 Å². The first-order chi connectivity index (χ1) is 9.93. The molecule has 0 bridgehead atoms. The molecule has 7 nitrogen and oxygen atoms in total. The number of terminal acetylenes is 1.